The van der Waals surface area contributed by atoms with Gasteiger partial charge < -0.3 is 14.6 Å². The number of nitrogens with one attached hydrogen (secondary N) is 2. The Labute approximate surface area is 165 Å². The van der Waals surface area contributed by atoms with Gasteiger partial charge in [0.1, 0.15) is 10.6 Å². The summed E-state index contributed by atoms with van der Waals surface area (Å²) in [5.41, 5.74) is 1.53. The monoisotopic (exact) mass is 406 g/mol. The van der Waals surface area contributed by atoms with Crippen LogP contribution in [-0.4, -0.2) is 63.2 Å². The van der Waals surface area contributed by atoms with Crippen molar-refractivity contribution in [3.05, 3.63) is 53.9 Å². The van der Waals surface area contributed by atoms with Gasteiger partial charge in [-0.15, -0.1) is 0 Å². The number of benzene rings is 1. The molecular formula is C19H26N4O4S. The minimum absolute atomic E-state index is 0.0607. The molecule has 1 aromatic carbocycles. The zero-order valence-electron chi connectivity index (χ0n) is 16.1. The predicted octanol–water partition coefficient (Wildman–Crippen LogP) is 0.564. The van der Waals surface area contributed by atoms with Gasteiger partial charge in [-0.1, -0.05) is 30.3 Å². The number of carbonyl (C=O) groups is 1. The van der Waals surface area contributed by atoms with Crippen molar-refractivity contribution in [3.63, 3.8) is 0 Å². The molecule has 1 fully saturated rings. The van der Waals surface area contributed by atoms with Crippen molar-refractivity contribution < 1.29 is 17.9 Å². The molecule has 0 saturated carbocycles. The fourth-order valence-electron chi connectivity index (χ4n) is 3.21. The molecular weight excluding hydrogens is 380 g/mol. The third-order valence-corrected chi connectivity index (χ3v) is 6.14. The van der Waals surface area contributed by atoms with Gasteiger partial charge in [0.25, 0.3) is 5.91 Å². The fourth-order valence-corrected chi connectivity index (χ4v) is 4.01. The molecule has 1 atom stereocenters. The van der Waals surface area contributed by atoms with Crippen molar-refractivity contribution >= 4 is 15.9 Å². The van der Waals surface area contributed by atoms with E-state index in [1.54, 1.807) is 7.05 Å². The molecule has 1 aromatic heterocycles. The number of carbonyl (C=O) groups excluding carboxylic acids is 1. The number of amides is 1. The smallest absolute Gasteiger partial charge is 0.268 e. The quantitative estimate of drug-likeness (QED) is 0.701. The average Bonchev–Trinajstić information content (AvgIpc) is 3.10. The lowest BCUT2D eigenvalue weighted by atomic mass is 10.2. The van der Waals surface area contributed by atoms with Crippen LogP contribution in [0, 0.1) is 0 Å². The molecule has 0 radical (unpaired) electrons. The summed E-state index contributed by atoms with van der Waals surface area (Å²) >= 11 is 0. The van der Waals surface area contributed by atoms with Gasteiger partial charge in [0.2, 0.25) is 10.0 Å². The summed E-state index contributed by atoms with van der Waals surface area (Å²) in [6.07, 6.45) is 1.31. The zero-order valence-corrected chi connectivity index (χ0v) is 16.9. The maximum Gasteiger partial charge on any atom is 0.268 e. The number of sulfonamides is 1. The molecule has 28 heavy (non-hydrogen) atoms. The third kappa shape index (κ3) is 4.99. The summed E-state index contributed by atoms with van der Waals surface area (Å²) in [6, 6.07) is 11.6. The van der Waals surface area contributed by atoms with E-state index < -0.39 is 10.0 Å². The molecule has 2 aromatic rings. The highest BCUT2D eigenvalue weighted by Crippen LogP contribution is 2.14. The van der Waals surface area contributed by atoms with Crippen LogP contribution in [0.25, 0.3) is 0 Å². The van der Waals surface area contributed by atoms with Gasteiger partial charge in [-0.25, -0.2) is 13.1 Å². The summed E-state index contributed by atoms with van der Waals surface area (Å²) in [6.45, 7) is 3.40. The SMILES string of the molecule is CNS(=O)(=O)c1cc(C(=O)NCC2CN(Cc3ccccc3)CCO2)n(C)c1. The molecule has 3 rings (SSSR count). The van der Waals surface area contributed by atoms with Crippen molar-refractivity contribution in [1.29, 1.82) is 0 Å². The predicted molar refractivity (Wildman–Crippen MR) is 105 cm³/mol. The van der Waals surface area contributed by atoms with Crippen molar-refractivity contribution in [2.24, 2.45) is 7.05 Å². The van der Waals surface area contributed by atoms with E-state index in [9.17, 15) is 13.2 Å². The highest BCUT2D eigenvalue weighted by Gasteiger charge is 2.23. The number of ether oxygens (including phenoxy) is 1. The molecule has 8 nitrogen and oxygen atoms in total. The van der Waals surface area contributed by atoms with Gasteiger partial charge in [0.15, 0.2) is 0 Å². The summed E-state index contributed by atoms with van der Waals surface area (Å²) in [5, 5.41) is 2.85. The second kappa shape index (κ2) is 8.87. The maximum atomic E-state index is 12.5. The van der Waals surface area contributed by atoms with Gasteiger partial charge in [-0.2, -0.15) is 0 Å². The first-order chi connectivity index (χ1) is 13.4. The normalized spacial score (nSPS) is 18.1. The largest absolute Gasteiger partial charge is 0.374 e. The van der Waals surface area contributed by atoms with Crippen LogP contribution >= 0.6 is 0 Å². The van der Waals surface area contributed by atoms with Gasteiger partial charge in [0, 0.05) is 39.4 Å². The highest BCUT2D eigenvalue weighted by atomic mass is 32.2. The van der Waals surface area contributed by atoms with Crippen LogP contribution in [0.1, 0.15) is 16.1 Å². The number of aryl methyl sites for hydroxylation is 1. The topological polar surface area (TPSA) is 92.7 Å². The number of hydrogen-bond acceptors (Lipinski definition) is 5. The van der Waals surface area contributed by atoms with Crippen LogP contribution in [0.2, 0.25) is 0 Å². The molecule has 1 aliphatic heterocycles. The lowest BCUT2D eigenvalue weighted by Gasteiger charge is -2.33. The number of hydrogen-bond donors (Lipinski definition) is 2. The second-order valence-corrected chi connectivity index (χ2v) is 8.69. The minimum Gasteiger partial charge on any atom is -0.374 e. The molecule has 0 spiro atoms. The number of aromatic nitrogens is 1. The van der Waals surface area contributed by atoms with Crippen molar-refractivity contribution in [2.45, 2.75) is 17.5 Å². The Balaban J connectivity index is 1.56. The minimum atomic E-state index is -3.59. The van der Waals surface area contributed by atoms with E-state index in [1.165, 1.54) is 29.4 Å². The summed E-state index contributed by atoms with van der Waals surface area (Å²) in [7, 11) is -0.610. The molecule has 2 N–H and O–H groups in total. The van der Waals surface area contributed by atoms with Gasteiger partial charge in [-0.3, -0.25) is 9.69 Å². The summed E-state index contributed by atoms with van der Waals surface area (Å²) < 4.78 is 33.3. The summed E-state index contributed by atoms with van der Waals surface area (Å²) in [5.74, 6) is -0.330. The number of morpholine rings is 1. The van der Waals surface area contributed by atoms with Crippen LogP contribution in [0.4, 0.5) is 0 Å². The lowest BCUT2D eigenvalue weighted by Crippen LogP contribution is -2.47. The molecule has 0 aliphatic carbocycles. The Morgan fingerprint density at radius 1 is 1.29 bits per heavy atom. The Morgan fingerprint density at radius 2 is 2.04 bits per heavy atom. The molecule has 1 saturated heterocycles. The third-order valence-electron chi connectivity index (χ3n) is 4.75. The van der Waals surface area contributed by atoms with Crippen LogP contribution in [0.3, 0.4) is 0 Å². The zero-order chi connectivity index (χ0) is 20.1. The Hall–Kier alpha value is -2.20. The molecule has 2 heterocycles. The molecule has 152 valence electrons. The second-order valence-electron chi connectivity index (χ2n) is 6.80. The standard InChI is InChI=1S/C19H26N4O4S/c1-20-28(25,26)17-10-18(22(2)14-17)19(24)21-11-16-13-23(8-9-27-16)12-15-6-4-3-5-7-15/h3-7,10,14,16,20H,8-9,11-13H2,1-2H3,(H,21,24). The Bertz CT molecular complexity index is 911. The first-order valence-electron chi connectivity index (χ1n) is 9.15. The first-order valence-corrected chi connectivity index (χ1v) is 10.6. The van der Waals surface area contributed by atoms with Crippen molar-refractivity contribution in [2.75, 3.05) is 33.3 Å². The van der Waals surface area contributed by atoms with Gasteiger partial charge >= 0.3 is 0 Å². The van der Waals surface area contributed by atoms with Crippen LogP contribution in [-0.2, 0) is 28.4 Å². The van der Waals surface area contributed by atoms with Gasteiger partial charge in [-0.05, 0) is 18.7 Å². The van der Waals surface area contributed by atoms with Crippen LogP contribution in [0.5, 0.6) is 0 Å². The molecule has 9 heteroatoms. The van der Waals surface area contributed by atoms with Crippen molar-refractivity contribution in [1.82, 2.24) is 19.5 Å². The van der Waals surface area contributed by atoms with E-state index in [0.29, 0.717) is 13.2 Å². The maximum absolute atomic E-state index is 12.5. The number of rotatable bonds is 7. The van der Waals surface area contributed by atoms with Crippen molar-refractivity contribution in [3.8, 4) is 0 Å². The van der Waals surface area contributed by atoms with E-state index in [4.69, 9.17) is 4.74 Å². The van der Waals surface area contributed by atoms with Crippen LogP contribution < -0.4 is 10.0 Å². The fraction of sp³-hybridized carbons (Fsp3) is 0.421. The Kier molecular flexibility index (Phi) is 6.50. The van der Waals surface area contributed by atoms with Gasteiger partial charge in [0.05, 0.1) is 12.7 Å². The summed E-state index contributed by atoms with van der Waals surface area (Å²) in [4.78, 5) is 14.9. The van der Waals surface area contributed by atoms with Crippen LogP contribution in [0.15, 0.2) is 47.5 Å². The average molecular weight is 407 g/mol. The molecule has 1 unspecified atom stereocenters. The molecule has 0 bridgehead atoms. The van der Waals surface area contributed by atoms with E-state index in [2.05, 4.69) is 27.1 Å². The van der Waals surface area contributed by atoms with E-state index >= 15 is 0 Å². The number of nitrogens with zero attached hydrogens (tertiary/aromatic N) is 2. The highest BCUT2D eigenvalue weighted by molar-refractivity contribution is 7.89. The van der Waals surface area contributed by atoms with E-state index in [0.717, 1.165) is 19.6 Å². The Morgan fingerprint density at radius 3 is 2.75 bits per heavy atom. The first kappa shape index (κ1) is 20.5. The molecule has 1 amide bonds. The molecule has 1 aliphatic rings. The lowest BCUT2D eigenvalue weighted by molar-refractivity contribution is -0.0293. The van der Waals surface area contributed by atoms with E-state index in [1.807, 2.05) is 18.2 Å². The van der Waals surface area contributed by atoms with E-state index in [-0.39, 0.29) is 22.6 Å².